The summed E-state index contributed by atoms with van der Waals surface area (Å²) < 4.78 is 0. The minimum Gasteiger partial charge on any atom is -0.477 e. The summed E-state index contributed by atoms with van der Waals surface area (Å²) in [7, 11) is 0. The number of oxime groups is 3. The summed E-state index contributed by atoms with van der Waals surface area (Å²) in [5, 5.41) is 22.4. The molecule has 3 spiro atoms. The van der Waals surface area contributed by atoms with E-state index >= 15 is 0 Å². The Hall–Kier alpha value is -4.70. The first-order valence-corrected chi connectivity index (χ1v) is 28.4. The average molecular weight is 1080 g/mol. The number of carboxylic acids is 1. The third-order valence-corrected chi connectivity index (χ3v) is 18.4. The molecule has 0 radical (unpaired) electrons. The molecule has 8 aliphatic rings. The normalized spacial score (nSPS) is 29.0. The Bertz CT molecular complexity index is 2310. The smallest absolute Gasteiger partial charge is 0.353 e. The number of hydrogen-bond acceptors (Lipinski definition) is 13. The number of nitrogens with zero attached hydrogens (tertiary/aromatic N) is 9. The largest absolute Gasteiger partial charge is 0.477 e. The van der Waals surface area contributed by atoms with Gasteiger partial charge in [-0.05, 0) is 135 Å². The van der Waals surface area contributed by atoms with E-state index in [2.05, 4.69) is 97.5 Å². The van der Waals surface area contributed by atoms with Gasteiger partial charge in [0.05, 0.1) is 10.0 Å². The Labute approximate surface area is 455 Å². The SMILES string of the molecule is CC(C)(C)C1CCC2(CC1)CC(C(=O)N1CCN(c3ncccc3Cl)CC1)=NO2.CC(C)(C)C1CCC2(CC1)CC(C(=O)N1CCN(c3ncccc3Cl)CC1)=NO2.CC(C)(C)C1CCC2(CC1)CC(C(=O)O)=NO2. The number of aliphatic carboxylic acids is 1. The second kappa shape index (κ2) is 22.7. The van der Waals surface area contributed by atoms with Crippen molar-refractivity contribution in [3.05, 3.63) is 46.7 Å². The molecule has 75 heavy (non-hydrogen) atoms. The van der Waals surface area contributed by atoms with Crippen molar-refractivity contribution >= 4 is 69.8 Å². The van der Waals surface area contributed by atoms with E-state index in [1.54, 1.807) is 12.4 Å². The van der Waals surface area contributed by atoms with E-state index in [1.807, 2.05) is 34.1 Å². The first kappa shape index (κ1) is 56.5. The zero-order chi connectivity index (χ0) is 54.0. The third kappa shape index (κ3) is 13.5. The number of piperazine rings is 2. The van der Waals surface area contributed by atoms with Gasteiger partial charge in [-0.1, -0.05) is 101 Å². The van der Waals surface area contributed by atoms with E-state index in [4.69, 9.17) is 42.8 Å². The van der Waals surface area contributed by atoms with Crippen molar-refractivity contribution < 1.29 is 34.0 Å². The molecule has 1 N–H and O–H groups in total. The van der Waals surface area contributed by atoms with Crippen molar-refractivity contribution in [3.63, 3.8) is 0 Å². The highest BCUT2D eigenvalue weighted by Gasteiger charge is 2.49. The quantitative estimate of drug-likeness (QED) is 0.302. The predicted octanol–water partition coefficient (Wildman–Crippen LogP) is 11.1. The van der Waals surface area contributed by atoms with Gasteiger partial charge < -0.3 is 39.2 Å². The molecule has 2 amide bonds. The van der Waals surface area contributed by atoms with E-state index < -0.39 is 5.97 Å². The van der Waals surface area contributed by atoms with Crippen LogP contribution < -0.4 is 9.80 Å². The topological polar surface area (TPSA) is 175 Å². The number of aromatic nitrogens is 2. The number of carbonyl (C=O) groups excluding carboxylic acids is 2. The Morgan fingerprint density at radius 1 is 0.507 bits per heavy atom. The van der Waals surface area contributed by atoms with Crippen LogP contribution in [0.4, 0.5) is 11.6 Å². The zero-order valence-electron chi connectivity index (χ0n) is 46.1. The molecule has 5 aliphatic heterocycles. The summed E-state index contributed by atoms with van der Waals surface area (Å²) in [5.41, 5.74) is 1.52. The number of pyridine rings is 2. The summed E-state index contributed by atoms with van der Waals surface area (Å²) in [4.78, 5) is 70.8. The first-order chi connectivity index (χ1) is 35.4. The molecule has 0 aromatic carbocycles. The predicted molar refractivity (Wildman–Crippen MR) is 296 cm³/mol. The number of halogens is 2. The lowest BCUT2D eigenvalue weighted by Gasteiger charge is -2.40. The summed E-state index contributed by atoms with van der Waals surface area (Å²) in [5.74, 6) is 2.80. The monoisotopic (exact) mass is 1080 g/mol. The van der Waals surface area contributed by atoms with Gasteiger partial charge in [0, 0.05) is 84.0 Å². The molecule has 0 bridgehead atoms. The van der Waals surface area contributed by atoms with Gasteiger partial charge in [0.2, 0.25) is 0 Å². The van der Waals surface area contributed by atoms with E-state index in [0.29, 0.717) is 101 Å². The molecule has 16 nitrogen and oxygen atoms in total. The molecule has 18 heteroatoms. The molecule has 0 atom stereocenters. The van der Waals surface area contributed by atoms with Gasteiger partial charge >= 0.3 is 5.97 Å². The maximum Gasteiger partial charge on any atom is 0.353 e. The molecule has 0 unspecified atom stereocenters. The van der Waals surface area contributed by atoms with E-state index in [1.165, 1.54) is 0 Å². The highest BCUT2D eigenvalue weighted by atomic mass is 35.5. The fraction of sp³-hybridized carbons (Fsp3) is 0.719. The molecule has 412 valence electrons. The maximum atomic E-state index is 13.0. The second-order valence-electron chi connectivity index (χ2n) is 25.9. The van der Waals surface area contributed by atoms with Gasteiger partial charge in [-0.3, -0.25) is 9.59 Å². The van der Waals surface area contributed by atoms with E-state index in [9.17, 15) is 14.4 Å². The maximum absolute atomic E-state index is 13.0. The highest BCUT2D eigenvalue weighted by Crippen LogP contribution is 2.49. The number of carboxylic acid groups (broad SMARTS) is 1. The number of rotatable bonds is 5. The van der Waals surface area contributed by atoms with Gasteiger partial charge in [0.25, 0.3) is 11.8 Å². The Morgan fingerprint density at radius 3 is 1.07 bits per heavy atom. The van der Waals surface area contributed by atoms with Crippen molar-refractivity contribution in [3.8, 4) is 0 Å². The van der Waals surface area contributed by atoms with Crippen molar-refractivity contribution in [1.29, 1.82) is 0 Å². The van der Waals surface area contributed by atoms with Gasteiger partial charge in [0.1, 0.15) is 39.9 Å². The number of carbonyl (C=O) groups is 3. The van der Waals surface area contributed by atoms with Crippen molar-refractivity contribution in [2.75, 3.05) is 62.2 Å². The van der Waals surface area contributed by atoms with Crippen LogP contribution in [-0.4, -0.2) is 129 Å². The lowest BCUT2D eigenvalue weighted by molar-refractivity contribution is -0.129. The number of amides is 2. The number of hydrogen-bond donors (Lipinski definition) is 1. The molecule has 2 aromatic rings. The minimum absolute atomic E-state index is 0.0200. The van der Waals surface area contributed by atoms with Crippen LogP contribution in [0.1, 0.15) is 159 Å². The first-order valence-electron chi connectivity index (χ1n) is 27.7. The van der Waals surface area contributed by atoms with E-state index in [0.717, 1.165) is 115 Å². The van der Waals surface area contributed by atoms with Crippen LogP contribution in [0.2, 0.25) is 10.0 Å². The Kier molecular flexibility index (Phi) is 17.1. The van der Waals surface area contributed by atoms with Crippen molar-refractivity contribution in [2.45, 2.75) is 175 Å². The lowest BCUT2D eigenvalue weighted by atomic mass is 9.67. The lowest BCUT2D eigenvalue weighted by Crippen LogP contribution is -2.51. The molecule has 2 aromatic heterocycles. The standard InChI is InChI=1S/2C22H31ClN4O2.C13H21NO3/c2*1-21(2,3)16-6-8-22(9-7-16)15-18(25-29-22)20(28)27-13-11-26(12-14-27)19-17(23)5-4-10-24-19;1-12(2,3)9-4-6-13(7-5-9)8-10(11(15)16)14-17-13/h2*4-5,10,16H,6-9,11-15H2,1-3H3;9H,4-8H2,1-3H3,(H,15,16). The third-order valence-electron chi connectivity index (χ3n) is 17.8. The molecular formula is C57H83Cl2N9O7. The molecule has 10 rings (SSSR count). The highest BCUT2D eigenvalue weighted by molar-refractivity contribution is 6.40. The summed E-state index contributed by atoms with van der Waals surface area (Å²) in [6.45, 7) is 26.1. The van der Waals surface area contributed by atoms with Crippen LogP contribution in [0.5, 0.6) is 0 Å². The van der Waals surface area contributed by atoms with Crippen molar-refractivity contribution in [1.82, 2.24) is 19.8 Å². The van der Waals surface area contributed by atoms with Crippen LogP contribution in [0, 0.1) is 34.0 Å². The van der Waals surface area contributed by atoms with Crippen LogP contribution in [0.15, 0.2) is 52.1 Å². The van der Waals surface area contributed by atoms with Crippen molar-refractivity contribution in [2.24, 2.45) is 49.5 Å². The summed E-state index contributed by atoms with van der Waals surface area (Å²) in [6, 6.07) is 7.35. The van der Waals surface area contributed by atoms with Gasteiger partial charge in [-0.2, -0.15) is 0 Å². The molecule has 3 aliphatic carbocycles. The Morgan fingerprint density at radius 2 is 0.800 bits per heavy atom. The number of anilines is 2. The zero-order valence-corrected chi connectivity index (χ0v) is 47.6. The van der Waals surface area contributed by atoms with Crippen LogP contribution >= 0.6 is 23.2 Å². The fourth-order valence-corrected chi connectivity index (χ4v) is 13.1. The van der Waals surface area contributed by atoms with Crippen LogP contribution in [-0.2, 0) is 28.9 Å². The van der Waals surface area contributed by atoms with Gasteiger partial charge in [-0.15, -0.1) is 0 Å². The molecule has 5 fully saturated rings. The Balaban J connectivity index is 0.000000155. The molecular weight excluding hydrogens is 994 g/mol. The average Bonchev–Trinajstić information content (AvgIpc) is 4.12. The van der Waals surface area contributed by atoms with E-state index in [-0.39, 0.29) is 34.3 Å². The molecule has 2 saturated heterocycles. The molecule has 7 heterocycles. The van der Waals surface area contributed by atoms with Gasteiger partial charge in [-0.25, -0.2) is 14.8 Å². The molecule has 3 saturated carbocycles. The minimum atomic E-state index is -0.945. The van der Waals surface area contributed by atoms with Crippen LogP contribution in [0.25, 0.3) is 0 Å². The summed E-state index contributed by atoms with van der Waals surface area (Å²) in [6.07, 6.45) is 17.8. The summed E-state index contributed by atoms with van der Waals surface area (Å²) >= 11 is 12.5. The fourth-order valence-electron chi connectivity index (χ4n) is 12.6. The van der Waals surface area contributed by atoms with Crippen LogP contribution in [0.3, 0.4) is 0 Å². The van der Waals surface area contributed by atoms with Gasteiger partial charge in [0.15, 0.2) is 5.71 Å². The second-order valence-corrected chi connectivity index (χ2v) is 26.7.